The molecule has 136 valence electrons. The summed E-state index contributed by atoms with van der Waals surface area (Å²) in [6, 6.07) is 9.22. The first kappa shape index (κ1) is 20.8. The fraction of sp³-hybridized carbons (Fsp3) is 0.632. The van der Waals surface area contributed by atoms with E-state index in [0.29, 0.717) is 11.9 Å². The Morgan fingerprint density at radius 3 is 2.08 bits per heavy atom. The minimum Gasteiger partial charge on any atom is -0.465 e. The van der Waals surface area contributed by atoms with Crippen molar-refractivity contribution >= 4 is 13.3 Å². The molecule has 0 saturated carbocycles. The van der Waals surface area contributed by atoms with Gasteiger partial charge in [-0.25, -0.2) is 0 Å². The molecule has 0 fully saturated rings. The summed E-state index contributed by atoms with van der Waals surface area (Å²) in [6.07, 6.45) is 0.364. The van der Waals surface area contributed by atoms with Crippen LogP contribution in [0, 0.1) is 11.3 Å². The standard InChI is InChI=1S/C19H31O4P/c1-15(13-22-17(20)18(2,3)4)14-24(21,19(5,6)7)23-16-11-9-8-10-12-16/h8-12,15H,13-14H2,1-7H3/t15-,24?/m0/s1. The van der Waals surface area contributed by atoms with Gasteiger partial charge in [-0.2, -0.15) is 0 Å². The first-order valence-electron chi connectivity index (χ1n) is 8.36. The molecule has 0 aliphatic rings. The third-order valence-electron chi connectivity index (χ3n) is 3.68. The molecule has 0 aliphatic heterocycles. The van der Waals surface area contributed by atoms with E-state index >= 15 is 0 Å². The predicted octanol–water partition coefficient (Wildman–Crippen LogP) is 5.37. The van der Waals surface area contributed by atoms with Gasteiger partial charge in [0.15, 0.2) is 0 Å². The fourth-order valence-electron chi connectivity index (χ4n) is 2.00. The van der Waals surface area contributed by atoms with Crippen molar-refractivity contribution in [2.45, 2.75) is 53.6 Å². The number of hydrogen-bond acceptors (Lipinski definition) is 4. The van der Waals surface area contributed by atoms with Crippen molar-refractivity contribution in [2.24, 2.45) is 11.3 Å². The third-order valence-corrected chi connectivity index (χ3v) is 7.34. The minimum atomic E-state index is -2.97. The van der Waals surface area contributed by atoms with E-state index in [1.165, 1.54) is 0 Å². The molecular weight excluding hydrogens is 323 g/mol. The largest absolute Gasteiger partial charge is 0.465 e. The minimum absolute atomic E-state index is 0.0509. The number of benzene rings is 1. The highest BCUT2D eigenvalue weighted by atomic mass is 31.2. The van der Waals surface area contributed by atoms with Gasteiger partial charge in [0.05, 0.1) is 12.0 Å². The highest BCUT2D eigenvalue weighted by Crippen LogP contribution is 2.59. The van der Waals surface area contributed by atoms with Gasteiger partial charge < -0.3 is 9.26 Å². The summed E-state index contributed by atoms with van der Waals surface area (Å²) < 4.78 is 24.8. The molecule has 1 aromatic carbocycles. The summed E-state index contributed by atoms with van der Waals surface area (Å²) in [5.41, 5.74) is -0.534. The molecule has 0 radical (unpaired) electrons. The van der Waals surface area contributed by atoms with Gasteiger partial charge in [0.25, 0.3) is 7.37 Å². The number of ether oxygens (including phenoxy) is 1. The summed E-state index contributed by atoms with van der Waals surface area (Å²) >= 11 is 0. The Hall–Kier alpha value is -1.28. The Bertz CT molecular complexity index is 582. The zero-order valence-corrected chi connectivity index (χ0v) is 16.9. The average Bonchev–Trinajstić information content (AvgIpc) is 2.43. The SMILES string of the molecule is C[C@@H](COC(=O)C(C)(C)C)CP(=O)(Oc1ccccc1)C(C)(C)C. The lowest BCUT2D eigenvalue weighted by Crippen LogP contribution is -2.28. The van der Waals surface area contributed by atoms with Crippen molar-refractivity contribution in [1.29, 1.82) is 0 Å². The van der Waals surface area contributed by atoms with Crippen LogP contribution in [0.25, 0.3) is 0 Å². The molecule has 5 heteroatoms. The first-order chi connectivity index (χ1) is 10.8. The Morgan fingerprint density at radius 1 is 1.08 bits per heavy atom. The maximum atomic E-state index is 13.5. The molecule has 0 amide bonds. The average molecular weight is 354 g/mol. The molecule has 24 heavy (non-hydrogen) atoms. The third kappa shape index (κ3) is 5.98. The van der Waals surface area contributed by atoms with Crippen LogP contribution in [0.5, 0.6) is 5.75 Å². The van der Waals surface area contributed by atoms with Crippen molar-refractivity contribution < 1.29 is 18.6 Å². The molecule has 0 spiro atoms. The van der Waals surface area contributed by atoms with Gasteiger partial charge in [0.2, 0.25) is 0 Å². The number of para-hydroxylation sites is 1. The molecule has 0 aromatic heterocycles. The number of esters is 1. The maximum absolute atomic E-state index is 13.5. The lowest BCUT2D eigenvalue weighted by Gasteiger charge is -2.33. The Morgan fingerprint density at radius 2 is 1.62 bits per heavy atom. The second kappa shape index (κ2) is 7.74. The van der Waals surface area contributed by atoms with Crippen LogP contribution in [0.3, 0.4) is 0 Å². The monoisotopic (exact) mass is 354 g/mol. The van der Waals surface area contributed by atoms with E-state index in [1.54, 1.807) is 0 Å². The Balaban J connectivity index is 2.80. The fourth-order valence-corrected chi connectivity index (χ4v) is 4.28. The molecule has 2 atom stereocenters. The highest BCUT2D eigenvalue weighted by Gasteiger charge is 2.40. The maximum Gasteiger partial charge on any atom is 0.311 e. The molecule has 0 aliphatic carbocycles. The van der Waals surface area contributed by atoms with Crippen LogP contribution in [-0.2, 0) is 14.1 Å². The van der Waals surface area contributed by atoms with Crippen LogP contribution in [0.1, 0.15) is 48.5 Å². The molecule has 0 saturated heterocycles. The summed E-state index contributed by atoms with van der Waals surface area (Å²) in [7, 11) is -2.97. The van der Waals surface area contributed by atoms with Crippen LogP contribution in [0.4, 0.5) is 0 Å². The molecule has 1 aromatic rings. The van der Waals surface area contributed by atoms with Crippen molar-refractivity contribution in [3.05, 3.63) is 30.3 Å². The van der Waals surface area contributed by atoms with Gasteiger partial charge in [0, 0.05) is 17.2 Å². The summed E-state index contributed by atoms with van der Waals surface area (Å²) in [5.74, 6) is 0.309. The predicted molar refractivity (Wildman–Crippen MR) is 98.9 cm³/mol. The van der Waals surface area contributed by atoms with Crippen molar-refractivity contribution in [1.82, 2.24) is 0 Å². The van der Waals surface area contributed by atoms with E-state index in [0.717, 1.165) is 0 Å². The summed E-state index contributed by atoms with van der Waals surface area (Å²) in [6.45, 7) is 13.4. The van der Waals surface area contributed by atoms with E-state index in [9.17, 15) is 9.36 Å². The first-order valence-corrected chi connectivity index (χ1v) is 10.2. The molecule has 1 rings (SSSR count). The van der Waals surface area contributed by atoms with Crippen molar-refractivity contribution in [3.8, 4) is 5.75 Å². The van der Waals surface area contributed by atoms with Crippen LogP contribution in [0.2, 0.25) is 0 Å². The van der Waals surface area contributed by atoms with Crippen LogP contribution in [-0.4, -0.2) is 23.9 Å². The van der Waals surface area contributed by atoms with Gasteiger partial charge >= 0.3 is 5.97 Å². The molecule has 0 N–H and O–H groups in total. The van der Waals surface area contributed by atoms with E-state index in [1.807, 2.05) is 78.8 Å². The van der Waals surface area contributed by atoms with E-state index in [-0.39, 0.29) is 18.5 Å². The Kier molecular flexibility index (Phi) is 6.69. The van der Waals surface area contributed by atoms with E-state index < -0.39 is 17.9 Å². The van der Waals surface area contributed by atoms with Crippen molar-refractivity contribution in [3.63, 3.8) is 0 Å². The zero-order valence-electron chi connectivity index (χ0n) is 16.0. The summed E-state index contributed by atoms with van der Waals surface area (Å²) in [4.78, 5) is 11.9. The second-order valence-corrected chi connectivity index (χ2v) is 11.6. The number of hydrogen-bond donors (Lipinski definition) is 0. The van der Waals surface area contributed by atoms with Crippen LogP contribution < -0.4 is 4.52 Å². The van der Waals surface area contributed by atoms with E-state index in [2.05, 4.69) is 0 Å². The quantitative estimate of drug-likeness (QED) is 0.509. The topological polar surface area (TPSA) is 52.6 Å². The molecule has 0 bridgehead atoms. The molecule has 1 unspecified atom stereocenters. The number of rotatable bonds is 6. The number of carbonyl (C=O) groups is 1. The van der Waals surface area contributed by atoms with Gasteiger partial charge in [-0.3, -0.25) is 9.36 Å². The smallest absolute Gasteiger partial charge is 0.311 e. The van der Waals surface area contributed by atoms with Gasteiger partial charge in [0.1, 0.15) is 5.75 Å². The van der Waals surface area contributed by atoms with Crippen LogP contribution >= 0.6 is 7.37 Å². The van der Waals surface area contributed by atoms with Crippen LogP contribution in [0.15, 0.2) is 30.3 Å². The normalized spacial score (nSPS) is 16.1. The highest BCUT2D eigenvalue weighted by molar-refractivity contribution is 7.61. The van der Waals surface area contributed by atoms with Gasteiger partial charge in [-0.1, -0.05) is 45.9 Å². The van der Waals surface area contributed by atoms with Gasteiger partial charge in [-0.05, 0) is 32.9 Å². The molecule has 0 heterocycles. The lowest BCUT2D eigenvalue weighted by atomic mass is 9.97. The summed E-state index contributed by atoms with van der Waals surface area (Å²) in [5, 5.41) is -0.495. The zero-order chi connectivity index (χ0) is 18.6. The second-order valence-electron chi connectivity index (χ2n) is 8.38. The molecular formula is C19H31O4P. The van der Waals surface area contributed by atoms with Gasteiger partial charge in [-0.15, -0.1) is 0 Å². The Labute approximate surface area is 146 Å². The van der Waals surface area contributed by atoms with Crippen molar-refractivity contribution in [2.75, 3.05) is 12.8 Å². The van der Waals surface area contributed by atoms with E-state index in [4.69, 9.17) is 9.26 Å². The molecule has 4 nitrogen and oxygen atoms in total. The number of carbonyl (C=O) groups excluding carboxylic acids is 1. The lowest BCUT2D eigenvalue weighted by molar-refractivity contribution is -0.154.